The molecule has 1 aromatic rings. The molecule has 0 N–H and O–H groups in total. The fraction of sp³-hybridized carbons (Fsp3) is 0.455. The molecule has 0 saturated carbocycles. The molecular formula is C11H15NO4. The minimum Gasteiger partial charge on any atom is -0.469 e. The first-order chi connectivity index (χ1) is 7.56. The summed E-state index contributed by atoms with van der Waals surface area (Å²) >= 11 is 0. The second-order valence-electron chi connectivity index (χ2n) is 3.36. The van der Waals surface area contributed by atoms with Gasteiger partial charge in [-0.05, 0) is 19.9 Å². The summed E-state index contributed by atoms with van der Waals surface area (Å²) in [5, 5.41) is 0. The van der Waals surface area contributed by atoms with E-state index in [1.165, 1.54) is 11.2 Å². The third-order valence-electron chi connectivity index (χ3n) is 2.11. The number of furan rings is 1. The van der Waals surface area contributed by atoms with E-state index < -0.39 is 5.97 Å². The van der Waals surface area contributed by atoms with Crippen LogP contribution >= 0.6 is 0 Å². The van der Waals surface area contributed by atoms with E-state index in [2.05, 4.69) is 0 Å². The maximum Gasteiger partial charge on any atom is 0.325 e. The Bertz CT molecular complexity index is 383. The van der Waals surface area contributed by atoms with E-state index in [9.17, 15) is 9.59 Å². The van der Waals surface area contributed by atoms with Gasteiger partial charge in [-0.2, -0.15) is 0 Å². The van der Waals surface area contributed by atoms with Crippen molar-refractivity contribution >= 4 is 11.9 Å². The number of likely N-dealkylation sites (N-methyl/N-ethyl adjacent to an activating group) is 1. The van der Waals surface area contributed by atoms with Crippen LogP contribution in [0, 0.1) is 6.92 Å². The van der Waals surface area contributed by atoms with Crippen molar-refractivity contribution in [2.45, 2.75) is 13.8 Å². The first-order valence-corrected chi connectivity index (χ1v) is 5.01. The van der Waals surface area contributed by atoms with Gasteiger partial charge in [0.15, 0.2) is 0 Å². The van der Waals surface area contributed by atoms with Gasteiger partial charge >= 0.3 is 5.97 Å². The van der Waals surface area contributed by atoms with Crippen molar-refractivity contribution < 1.29 is 18.7 Å². The Morgan fingerprint density at radius 3 is 2.69 bits per heavy atom. The van der Waals surface area contributed by atoms with Crippen molar-refractivity contribution in [2.75, 3.05) is 20.2 Å². The quantitative estimate of drug-likeness (QED) is 0.723. The zero-order valence-corrected chi connectivity index (χ0v) is 9.65. The summed E-state index contributed by atoms with van der Waals surface area (Å²) in [4.78, 5) is 24.3. The van der Waals surface area contributed by atoms with E-state index in [0.29, 0.717) is 17.9 Å². The van der Waals surface area contributed by atoms with Gasteiger partial charge in [-0.3, -0.25) is 9.59 Å². The molecule has 0 fully saturated rings. The van der Waals surface area contributed by atoms with Gasteiger partial charge in [0, 0.05) is 7.05 Å². The van der Waals surface area contributed by atoms with Crippen LogP contribution in [0.5, 0.6) is 0 Å². The summed E-state index contributed by atoms with van der Waals surface area (Å²) in [5.41, 5.74) is 0.465. The number of carbonyl (C=O) groups excluding carboxylic acids is 2. The standard InChI is InChI=1S/C11H15NO4/c1-4-15-10(13)7-12(3)11(14)9-5-6-16-8(9)2/h5-6H,4,7H2,1-3H3. The van der Waals surface area contributed by atoms with Crippen LogP contribution in [0.15, 0.2) is 16.7 Å². The van der Waals surface area contributed by atoms with E-state index in [1.807, 2.05) is 0 Å². The molecule has 1 rings (SSSR count). The molecule has 0 saturated heterocycles. The van der Waals surface area contributed by atoms with Crippen molar-refractivity contribution in [3.8, 4) is 0 Å². The maximum atomic E-state index is 11.8. The largest absolute Gasteiger partial charge is 0.469 e. The zero-order chi connectivity index (χ0) is 12.1. The molecule has 0 aliphatic rings. The number of esters is 1. The molecule has 0 aromatic carbocycles. The highest BCUT2D eigenvalue weighted by Gasteiger charge is 2.18. The monoisotopic (exact) mass is 225 g/mol. The molecular weight excluding hydrogens is 210 g/mol. The summed E-state index contributed by atoms with van der Waals surface area (Å²) in [7, 11) is 1.55. The van der Waals surface area contributed by atoms with Gasteiger partial charge in [-0.15, -0.1) is 0 Å². The normalized spacial score (nSPS) is 9.94. The predicted octanol–water partition coefficient (Wildman–Crippen LogP) is 1.22. The van der Waals surface area contributed by atoms with E-state index in [0.717, 1.165) is 0 Å². The van der Waals surface area contributed by atoms with E-state index in [1.54, 1.807) is 27.0 Å². The van der Waals surface area contributed by atoms with Crippen molar-refractivity contribution in [2.24, 2.45) is 0 Å². The minimum absolute atomic E-state index is 0.0582. The van der Waals surface area contributed by atoms with Gasteiger partial charge in [0.05, 0.1) is 18.4 Å². The summed E-state index contributed by atoms with van der Waals surface area (Å²) in [5.74, 6) is -0.125. The number of nitrogens with zero attached hydrogens (tertiary/aromatic N) is 1. The predicted molar refractivity (Wildman–Crippen MR) is 57.0 cm³/mol. The second-order valence-corrected chi connectivity index (χ2v) is 3.36. The smallest absolute Gasteiger partial charge is 0.325 e. The molecule has 1 amide bonds. The Balaban J connectivity index is 2.61. The van der Waals surface area contributed by atoms with Gasteiger partial charge in [0.2, 0.25) is 0 Å². The lowest BCUT2D eigenvalue weighted by Crippen LogP contribution is -2.33. The van der Waals surface area contributed by atoms with Crippen molar-refractivity contribution in [1.82, 2.24) is 4.90 Å². The van der Waals surface area contributed by atoms with Gasteiger partial charge in [-0.25, -0.2) is 0 Å². The molecule has 0 unspecified atom stereocenters. The van der Waals surface area contributed by atoms with Crippen LogP contribution in [0.3, 0.4) is 0 Å². The first-order valence-electron chi connectivity index (χ1n) is 5.01. The molecule has 0 spiro atoms. The van der Waals surface area contributed by atoms with E-state index >= 15 is 0 Å². The van der Waals surface area contributed by atoms with Gasteiger partial charge in [0.25, 0.3) is 5.91 Å². The molecule has 1 aromatic heterocycles. The molecule has 16 heavy (non-hydrogen) atoms. The molecule has 0 radical (unpaired) electrons. The number of hydrogen-bond acceptors (Lipinski definition) is 4. The molecule has 0 bridgehead atoms. The Morgan fingerprint density at radius 2 is 2.19 bits per heavy atom. The Hall–Kier alpha value is -1.78. The van der Waals surface area contributed by atoms with Gasteiger partial charge in [-0.1, -0.05) is 0 Å². The summed E-state index contributed by atoms with van der Waals surface area (Å²) in [6.07, 6.45) is 1.45. The Morgan fingerprint density at radius 1 is 1.50 bits per heavy atom. The Kier molecular flexibility index (Phi) is 4.10. The number of rotatable bonds is 4. The van der Waals surface area contributed by atoms with Crippen LogP contribution in [0.4, 0.5) is 0 Å². The van der Waals surface area contributed by atoms with E-state index in [-0.39, 0.29) is 12.5 Å². The van der Waals surface area contributed by atoms with Crippen molar-refractivity contribution in [1.29, 1.82) is 0 Å². The lowest BCUT2D eigenvalue weighted by molar-refractivity contribution is -0.143. The van der Waals surface area contributed by atoms with Crippen molar-refractivity contribution in [3.63, 3.8) is 0 Å². The van der Waals surface area contributed by atoms with Crippen LogP contribution in [-0.4, -0.2) is 37.0 Å². The molecule has 5 nitrogen and oxygen atoms in total. The van der Waals surface area contributed by atoms with Crippen LogP contribution in [0.25, 0.3) is 0 Å². The number of hydrogen-bond donors (Lipinski definition) is 0. The van der Waals surface area contributed by atoms with Crippen LogP contribution in [-0.2, 0) is 9.53 Å². The molecule has 5 heteroatoms. The van der Waals surface area contributed by atoms with E-state index in [4.69, 9.17) is 9.15 Å². The highest BCUT2D eigenvalue weighted by molar-refractivity contribution is 5.96. The SMILES string of the molecule is CCOC(=O)CN(C)C(=O)c1ccoc1C. The third kappa shape index (κ3) is 2.85. The fourth-order valence-corrected chi connectivity index (χ4v) is 1.28. The summed E-state index contributed by atoms with van der Waals surface area (Å²) in [6, 6.07) is 1.58. The van der Waals surface area contributed by atoms with Gasteiger partial charge in [0.1, 0.15) is 12.3 Å². The van der Waals surface area contributed by atoms with Crippen LogP contribution in [0.2, 0.25) is 0 Å². The molecule has 88 valence electrons. The zero-order valence-electron chi connectivity index (χ0n) is 9.65. The molecule has 1 heterocycles. The number of ether oxygens (including phenoxy) is 1. The third-order valence-corrected chi connectivity index (χ3v) is 2.11. The Labute approximate surface area is 94.0 Å². The van der Waals surface area contributed by atoms with Crippen molar-refractivity contribution in [3.05, 3.63) is 23.7 Å². The highest BCUT2D eigenvalue weighted by atomic mass is 16.5. The first kappa shape index (κ1) is 12.3. The number of amides is 1. The second kappa shape index (κ2) is 5.34. The molecule has 0 aliphatic heterocycles. The molecule has 0 atom stereocenters. The van der Waals surface area contributed by atoms with Gasteiger partial charge < -0.3 is 14.1 Å². The lowest BCUT2D eigenvalue weighted by Gasteiger charge is -2.15. The average molecular weight is 225 g/mol. The maximum absolute atomic E-state index is 11.8. The van der Waals surface area contributed by atoms with Crippen LogP contribution in [0.1, 0.15) is 23.0 Å². The highest BCUT2D eigenvalue weighted by Crippen LogP contribution is 2.11. The fourth-order valence-electron chi connectivity index (χ4n) is 1.28. The lowest BCUT2D eigenvalue weighted by atomic mass is 10.2. The van der Waals surface area contributed by atoms with Crippen LogP contribution < -0.4 is 0 Å². The number of aryl methyl sites for hydroxylation is 1. The molecule has 0 aliphatic carbocycles. The topological polar surface area (TPSA) is 59.8 Å². The minimum atomic E-state index is -0.417. The summed E-state index contributed by atoms with van der Waals surface area (Å²) in [6.45, 7) is 3.67. The average Bonchev–Trinajstić information content (AvgIpc) is 2.63. The summed E-state index contributed by atoms with van der Waals surface area (Å²) < 4.78 is 9.78. The number of carbonyl (C=O) groups is 2.